The Kier molecular flexibility index (Phi) is 5.40. The zero-order valence-electron chi connectivity index (χ0n) is 12.0. The fraction of sp³-hybridized carbons (Fsp3) is 0.600. The molecule has 106 valence electrons. The first-order chi connectivity index (χ1) is 9.28. The molecular formula is C15H23NO2S. The lowest BCUT2D eigenvalue weighted by molar-refractivity contribution is 0.354. The molecule has 1 aliphatic rings. The third kappa shape index (κ3) is 3.57. The Balaban J connectivity index is 2.21. The van der Waals surface area contributed by atoms with Gasteiger partial charge in [-0.25, -0.2) is 0 Å². The quantitative estimate of drug-likeness (QED) is 0.778. The second kappa shape index (κ2) is 7.06. The van der Waals surface area contributed by atoms with Gasteiger partial charge >= 0.3 is 0 Å². The highest BCUT2D eigenvalue weighted by Crippen LogP contribution is 2.36. The lowest BCUT2D eigenvalue weighted by Gasteiger charge is -2.28. The molecule has 0 saturated carbocycles. The molecule has 1 heterocycles. The number of thioether (sulfide) groups is 1. The van der Waals surface area contributed by atoms with Crippen molar-refractivity contribution < 1.29 is 9.47 Å². The molecule has 0 amide bonds. The maximum atomic E-state index is 5.54. The van der Waals surface area contributed by atoms with Crippen molar-refractivity contribution in [3.05, 3.63) is 17.7 Å². The predicted octanol–water partition coefficient (Wildman–Crippen LogP) is 3.11. The van der Waals surface area contributed by atoms with E-state index in [-0.39, 0.29) is 0 Å². The molecule has 4 heteroatoms. The SMILES string of the molecule is CCCSc1cc(OC)c(CC2CCN2)cc1OC. The molecule has 1 fully saturated rings. The van der Waals surface area contributed by atoms with E-state index >= 15 is 0 Å². The van der Waals surface area contributed by atoms with Gasteiger partial charge in [0.15, 0.2) is 0 Å². The van der Waals surface area contributed by atoms with Crippen molar-refractivity contribution in [2.24, 2.45) is 0 Å². The van der Waals surface area contributed by atoms with Crippen LogP contribution in [0, 0.1) is 0 Å². The maximum Gasteiger partial charge on any atom is 0.132 e. The van der Waals surface area contributed by atoms with Crippen LogP contribution in [0.15, 0.2) is 17.0 Å². The fourth-order valence-corrected chi connectivity index (χ4v) is 3.10. The van der Waals surface area contributed by atoms with E-state index in [1.165, 1.54) is 16.9 Å². The number of hydrogen-bond acceptors (Lipinski definition) is 4. The molecule has 1 aliphatic heterocycles. The molecule has 2 rings (SSSR count). The zero-order valence-corrected chi connectivity index (χ0v) is 12.8. The van der Waals surface area contributed by atoms with Gasteiger partial charge in [0.25, 0.3) is 0 Å². The van der Waals surface area contributed by atoms with Crippen molar-refractivity contribution in [1.82, 2.24) is 5.32 Å². The lowest BCUT2D eigenvalue weighted by Crippen LogP contribution is -2.44. The highest BCUT2D eigenvalue weighted by atomic mass is 32.2. The van der Waals surface area contributed by atoms with Gasteiger partial charge in [-0.15, -0.1) is 11.8 Å². The molecule has 1 unspecified atom stereocenters. The molecule has 0 aliphatic carbocycles. The summed E-state index contributed by atoms with van der Waals surface area (Å²) in [4.78, 5) is 1.17. The first-order valence-electron chi connectivity index (χ1n) is 6.89. The van der Waals surface area contributed by atoms with Crippen molar-refractivity contribution in [1.29, 1.82) is 0 Å². The molecule has 1 aromatic rings. The standard InChI is InChI=1S/C15H23NO2S/c1-4-7-19-15-10-13(17-2)11(9-14(15)18-3)8-12-5-6-16-12/h9-10,12,16H,4-8H2,1-3H3. The number of nitrogens with one attached hydrogen (secondary N) is 1. The Bertz CT molecular complexity index is 419. The van der Waals surface area contributed by atoms with E-state index in [1.807, 2.05) is 11.8 Å². The highest BCUT2D eigenvalue weighted by Gasteiger charge is 2.20. The first-order valence-corrected chi connectivity index (χ1v) is 7.88. The largest absolute Gasteiger partial charge is 0.496 e. The monoisotopic (exact) mass is 281 g/mol. The van der Waals surface area contributed by atoms with Gasteiger partial charge in [0.05, 0.1) is 19.1 Å². The van der Waals surface area contributed by atoms with Gasteiger partial charge in [-0.2, -0.15) is 0 Å². The lowest BCUT2D eigenvalue weighted by atomic mass is 9.97. The fourth-order valence-electron chi connectivity index (χ4n) is 2.21. The van der Waals surface area contributed by atoms with Crippen LogP contribution in [0.3, 0.4) is 0 Å². The third-order valence-electron chi connectivity index (χ3n) is 3.42. The molecule has 0 radical (unpaired) electrons. The predicted molar refractivity (Wildman–Crippen MR) is 80.7 cm³/mol. The topological polar surface area (TPSA) is 30.5 Å². The van der Waals surface area contributed by atoms with E-state index in [2.05, 4.69) is 24.4 Å². The number of methoxy groups -OCH3 is 2. The molecule has 0 bridgehead atoms. The number of hydrogen-bond donors (Lipinski definition) is 1. The Morgan fingerprint density at radius 3 is 2.53 bits per heavy atom. The maximum absolute atomic E-state index is 5.54. The molecule has 1 aromatic carbocycles. The minimum atomic E-state index is 0.591. The van der Waals surface area contributed by atoms with Gasteiger partial charge < -0.3 is 14.8 Å². The summed E-state index contributed by atoms with van der Waals surface area (Å²) in [5.74, 6) is 3.05. The summed E-state index contributed by atoms with van der Waals surface area (Å²) < 4.78 is 11.1. The van der Waals surface area contributed by atoms with E-state index in [1.54, 1.807) is 14.2 Å². The molecule has 3 nitrogen and oxygen atoms in total. The summed E-state index contributed by atoms with van der Waals surface area (Å²) in [5.41, 5.74) is 1.23. The Labute approximate surface area is 120 Å². The van der Waals surface area contributed by atoms with Gasteiger partial charge in [-0.3, -0.25) is 0 Å². The van der Waals surface area contributed by atoms with Crippen molar-refractivity contribution >= 4 is 11.8 Å². The van der Waals surface area contributed by atoms with Crippen LogP contribution in [0.5, 0.6) is 11.5 Å². The molecular weight excluding hydrogens is 258 g/mol. The second-order valence-electron chi connectivity index (χ2n) is 4.81. The van der Waals surface area contributed by atoms with Gasteiger partial charge in [0.1, 0.15) is 11.5 Å². The Hall–Kier alpha value is -0.870. The van der Waals surface area contributed by atoms with Crippen LogP contribution >= 0.6 is 11.8 Å². The van der Waals surface area contributed by atoms with Crippen LogP contribution in [0.4, 0.5) is 0 Å². The molecule has 0 aromatic heterocycles. The average molecular weight is 281 g/mol. The summed E-state index contributed by atoms with van der Waals surface area (Å²) in [7, 11) is 3.48. The van der Waals surface area contributed by atoms with Crippen LogP contribution < -0.4 is 14.8 Å². The van der Waals surface area contributed by atoms with Crippen molar-refractivity contribution in [2.45, 2.75) is 37.1 Å². The van der Waals surface area contributed by atoms with Gasteiger partial charge in [0.2, 0.25) is 0 Å². The summed E-state index contributed by atoms with van der Waals surface area (Å²) in [5, 5.41) is 3.43. The average Bonchev–Trinajstić information content (AvgIpc) is 2.40. The minimum Gasteiger partial charge on any atom is -0.496 e. The number of ether oxygens (including phenoxy) is 2. The normalized spacial score (nSPS) is 17.9. The van der Waals surface area contributed by atoms with Crippen LogP contribution in [0.1, 0.15) is 25.3 Å². The number of benzene rings is 1. The molecule has 1 atom stereocenters. The van der Waals surface area contributed by atoms with E-state index < -0.39 is 0 Å². The smallest absolute Gasteiger partial charge is 0.132 e. The van der Waals surface area contributed by atoms with Crippen LogP contribution in [-0.4, -0.2) is 32.6 Å². The summed E-state index contributed by atoms with van der Waals surface area (Å²) in [6, 6.07) is 4.84. The molecule has 1 saturated heterocycles. The third-order valence-corrected chi connectivity index (χ3v) is 4.66. The van der Waals surface area contributed by atoms with Crippen molar-refractivity contribution in [2.75, 3.05) is 26.5 Å². The van der Waals surface area contributed by atoms with Crippen LogP contribution in [0.2, 0.25) is 0 Å². The molecule has 19 heavy (non-hydrogen) atoms. The second-order valence-corrected chi connectivity index (χ2v) is 5.94. The Morgan fingerprint density at radius 1 is 1.26 bits per heavy atom. The van der Waals surface area contributed by atoms with E-state index in [0.717, 1.165) is 36.6 Å². The summed E-state index contributed by atoms with van der Waals surface area (Å²) in [6.45, 7) is 3.32. The molecule has 0 spiro atoms. The van der Waals surface area contributed by atoms with Gasteiger partial charge in [-0.05, 0) is 49.3 Å². The van der Waals surface area contributed by atoms with E-state index in [4.69, 9.17) is 9.47 Å². The molecule has 1 N–H and O–H groups in total. The minimum absolute atomic E-state index is 0.591. The summed E-state index contributed by atoms with van der Waals surface area (Å²) in [6.07, 6.45) is 3.42. The van der Waals surface area contributed by atoms with E-state index in [0.29, 0.717) is 6.04 Å². The Morgan fingerprint density at radius 2 is 2.00 bits per heavy atom. The van der Waals surface area contributed by atoms with E-state index in [9.17, 15) is 0 Å². The summed E-state index contributed by atoms with van der Waals surface area (Å²) >= 11 is 1.83. The highest BCUT2D eigenvalue weighted by molar-refractivity contribution is 7.99. The van der Waals surface area contributed by atoms with Crippen LogP contribution in [-0.2, 0) is 6.42 Å². The number of rotatable bonds is 7. The first kappa shape index (κ1) is 14.5. The van der Waals surface area contributed by atoms with Gasteiger partial charge in [-0.1, -0.05) is 6.92 Å². The van der Waals surface area contributed by atoms with Crippen molar-refractivity contribution in [3.8, 4) is 11.5 Å². The zero-order chi connectivity index (χ0) is 13.7. The van der Waals surface area contributed by atoms with Crippen molar-refractivity contribution in [3.63, 3.8) is 0 Å². The van der Waals surface area contributed by atoms with Gasteiger partial charge in [0, 0.05) is 6.04 Å². The van der Waals surface area contributed by atoms with Crippen LogP contribution in [0.25, 0.3) is 0 Å².